The lowest BCUT2D eigenvalue weighted by Crippen LogP contribution is -1.78. The molecule has 2 aromatic heterocycles. The largest absolute Gasteiger partial charge is 0.262 e. The van der Waals surface area contributed by atoms with E-state index in [-0.39, 0.29) is 0 Å². The molecule has 4 nitrogen and oxygen atoms in total. The van der Waals surface area contributed by atoms with Crippen molar-refractivity contribution in [3.8, 4) is 0 Å². The number of hydrogen-bond acceptors (Lipinski definition) is 4. The molecule has 4 heteroatoms. The second-order valence-electron chi connectivity index (χ2n) is 2.94. The zero-order valence-corrected chi connectivity index (χ0v) is 8.56. The normalized spacial score (nSPS) is 9.25. The van der Waals surface area contributed by atoms with Crippen LogP contribution in [0.15, 0.2) is 61.4 Å². The van der Waals surface area contributed by atoms with Crippen molar-refractivity contribution in [3.63, 3.8) is 0 Å². The molecule has 78 valence electrons. The average Bonchev–Trinajstić information content (AvgIpc) is 2.42. The topological polar surface area (TPSA) is 51.6 Å². The van der Waals surface area contributed by atoms with E-state index in [4.69, 9.17) is 0 Å². The predicted octanol–water partition coefficient (Wildman–Crippen LogP) is 2.11. The highest BCUT2D eigenvalue weighted by atomic mass is 14.8. The zero-order chi connectivity index (χ0) is 11.1. The number of benzene rings is 1. The molecule has 0 aliphatic carbocycles. The van der Waals surface area contributed by atoms with Crippen LogP contribution in [0, 0.1) is 0 Å². The summed E-state index contributed by atoms with van der Waals surface area (Å²) in [4.78, 5) is 15.7. The summed E-state index contributed by atoms with van der Waals surface area (Å²) in [5, 5.41) is 0. The maximum absolute atomic E-state index is 4.12. The minimum absolute atomic E-state index is 0.949. The fraction of sp³-hybridized carbons (Fsp3) is 0. The fourth-order valence-corrected chi connectivity index (χ4v) is 1.16. The van der Waals surface area contributed by atoms with Gasteiger partial charge in [-0.2, -0.15) is 0 Å². The number of aromatic nitrogens is 4. The van der Waals surface area contributed by atoms with Crippen LogP contribution in [0.3, 0.4) is 0 Å². The lowest BCUT2D eigenvalue weighted by molar-refractivity contribution is 1.20. The van der Waals surface area contributed by atoms with Gasteiger partial charge in [-0.15, -0.1) is 0 Å². The molecule has 0 N–H and O–H groups in total. The minimum Gasteiger partial charge on any atom is -0.262 e. The molecule has 0 radical (unpaired) electrons. The molecule has 3 aromatic rings. The van der Waals surface area contributed by atoms with Crippen molar-refractivity contribution < 1.29 is 0 Å². The summed E-state index contributed by atoms with van der Waals surface area (Å²) in [7, 11) is 0. The smallest absolute Gasteiger partial charge is 0.0886 e. The molecule has 0 atom stereocenters. The molecule has 0 saturated heterocycles. The second-order valence-corrected chi connectivity index (χ2v) is 2.94. The van der Waals surface area contributed by atoms with Crippen LogP contribution < -0.4 is 0 Å². The van der Waals surface area contributed by atoms with Crippen molar-refractivity contribution in [3.05, 3.63) is 61.4 Å². The molecule has 0 aliphatic heterocycles. The van der Waals surface area contributed by atoms with Crippen LogP contribution in [0.4, 0.5) is 0 Å². The van der Waals surface area contributed by atoms with E-state index < -0.39 is 0 Å². The molecular formula is C12H10N4. The number of rotatable bonds is 0. The first kappa shape index (κ1) is 10.2. The molecule has 0 aliphatic rings. The molecule has 0 fully saturated rings. The van der Waals surface area contributed by atoms with Gasteiger partial charge in [-0.3, -0.25) is 19.9 Å². The number of nitrogens with zero attached hydrogens (tertiary/aromatic N) is 4. The van der Waals surface area contributed by atoms with Gasteiger partial charge in [0, 0.05) is 37.2 Å². The predicted molar refractivity (Wildman–Crippen MR) is 61.6 cm³/mol. The molecule has 0 spiro atoms. The van der Waals surface area contributed by atoms with Gasteiger partial charge in [-0.25, -0.2) is 0 Å². The van der Waals surface area contributed by atoms with Gasteiger partial charge >= 0.3 is 0 Å². The third kappa shape index (κ3) is 2.81. The van der Waals surface area contributed by atoms with Crippen molar-refractivity contribution >= 4 is 11.0 Å². The third-order valence-electron chi connectivity index (χ3n) is 1.85. The highest BCUT2D eigenvalue weighted by molar-refractivity contribution is 5.72. The summed E-state index contributed by atoms with van der Waals surface area (Å²) < 4.78 is 0. The number of fused-ring (bicyclic) bond motifs is 1. The Hall–Kier alpha value is -2.36. The van der Waals surface area contributed by atoms with E-state index in [1.165, 1.54) is 0 Å². The lowest BCUT2D eigenvalue weighted by Gasteiger charge is -1.90. The van der Waals surface area contributed by atoms with Crippen LogP contribution in [0.25, 0.3) is 11.0 Å². The van der Waals surface area contributed by atoms with Crippen molar-refractivity contribution in [2.45, 2.75) is 0 Å². The summed E-state index contributed by atoms with van der Waals surface area (Å²) >= 11 is 0. The van der Waals surface area contributed by atoms with Crippen LogP contribution >= 0.6 is 0 Å². The monoisotopic (exact) mass is 210 g/mol. The molecule has 16 heavy (non-hydrogen) atoms. The van der Waals surface area contributed by atoms with Gasteiger partial charge in [-0.1, -0.05) is 12.1 Å². The van der Waals surface area contributed by atoms with Gasteiger partial charge in [0.2, 0.25) is 0 Å². The van der Waals surface area contributed by atoms with Gasteiger partial charge in [0.05, 0.1) is 11.0 Å². The van der Waals surface area contributed by atoms with Crippen molar-refractivity contribution in [1.82, 2.24) is 19.9 Å². The Labute approximate surface area is 93.1 Å². The van der Waals surface area contributed by atoms with E-state index in [9.17, 15) is 0 Å². The van der Waals surface area contributed by atoms with Gasteiger partial charge in [0.25, 0.3) is 0 Å². The summed E-state index contributed by atoms with van der Waals surface area (Å²) in [6.07, 6.45) is 9.95. The fourth-order valence-electron chi connectivity index (χ4n) is 1.16. The van der Waals surface area contributed by atoms with E-state index in [2.05, 4.69) is 19.9 Å². The molecule has 0 bridgehead atoms. The first-order chi connectivity index (χ1) is 7.97. The van der Waals surface area contributed by atoms with Crippen molar-refractivity contribution in [2.75, 3.05) is 0 Å². The third-order valence-corrected chi connectivity index (χ3v) is 1.85. The van der Waals surface area contributed by atoms with E-state index in [1.807, 2.05) is 24.3 Å². The van der Waals surface area contributed by atoms with Crippen LogP contribution in [0.2, 0.25) is 0 Å². The molecule has 3 rings (SSSR count). The summed E-state index contributed by atoms with van der Waals surface area (Å²) in [5.41, 5.74) is 1.90. The Morgan fingerprint density at radius 3 is 1.38 bits per heavy atom. The standard InChI is InChI=1S/C8H6N2.C4H4N2/c1-2-4-8-7(3-1)9-5-6-10-8;1-2-6-4-3-5-1/h1-6H;1-4H. The second kappa shape index (κ2) is 5.50. The maximum atomic E-state index is 4.12. The average molecular weight is 210 g/mol. The molecule has 0 amide bonds. The van der Waals surface area contributed by atoms with Crippen LogP contribution in [0.5, 0.6) is 0 Å². The lowest BCUT2D eigenvalue weighted by atomic mass is 10.3. The summed E-state index contributed by atoms with van der Waals surface area (Å²) in [6.45, 7) is 0. The highest BCUT2D eigenvalue weighted by Crippen LogP contribution is 2.04. The molecular weight excluding hydrogens is 200 g/mol. The Balaban J connectivity index is 0.000000138. The quantitative estimate of drug-likeness (QED) is 0.570. The van der Waals surface area contributed by atoms with E-state index in [0.717, 1.165) is 11.0 Å². The van der Waals surface area contributed by atoms with Gasteiger partial charge in [0.1, 0.15) is 0 Å². The summed E-state index contributed by atoms with van der Waals surface area (Å²) in [6, 6.07) is 7.80. The summed E-state index contributed by atoms with van der Waals surface area (Å²) in [5.74, 6) is 0. The van der Waals surface area contributed by atoms with Crippen LogP contribution in [-0.2, 0) is 0 Å². The Morgan fingerprint density at radius 1 is 0.562 bits per heavy atom. The van der Waals surface area contributed by atoms with Crippen LogP contribution in [0.1, 0.15) is 0 Å². The number of para-hydroxylation sites is 2. The maximum Gasteiger partial charge on any atom is 0.0886 e. The minimum atomic E-state index is 0.949. The van der Waals surface area contributed by atoms with Crippen molar-refractivity contribution in [2.24, 2.45) is 0 Å². The molecule has 1 aromatic carbocycles. The van der Waals surface area contributed by atoms with E-state index >= 15 is 0 Å². The van der Waals surface area contributed by atoms with E-state index in [0.29, 0.717) is 0 Å². The number of hydrogen-bond donors (Lipinski definition) is 0. The Kier molecular flexibility index (Phi) is 3.50. The SMILES string of the molecule is c1ccc2nccnc2c1.c1cnccn1. The molecule has 0 unspecified atom stereocenters. The van der Waals surface area contributed by atoms with Gasteiger partial charge < -0.3 is 0 Å². The van der Waals surface area contributed by atoms with Crippen molar-refractivity contribution in [1.29, 1.82) is 0 Å². The zero-order valence-electron chi connectivity index (χ0n) is 8.56. The Morgan fingerprint density at radius 2 is 1.00 bits per heavy atom. The van der Waals surface area contributed by atoms with Gasteiger partial charge in [-0.05, 0) is 12.1 Å². The first-order valence-corrected chi connectivity index (χ1v) is 4.82. The van der Waals surface area contributed by atoms with Gasteiger partial charge in [0.15, 0.2) is 0 Å². The van der Waals surface area contributed by atoms with Crippen LogP contribution in [-0.4, -0.2) is 19.9 Å². The first-order valence-electron chi connectivity index (χ1n) is 4.82. The highest BCUT2D eigenvalue weighted by Gasteiger charge is 1.88. The Bertz CT molecular complexity index is 447. The molecule has 2 heterocycles. The van der Waals surface area contributed by atoms with E-state index in [1.54, 1.807) is 37.2 Å². The molecule has 0 saturated carbocycles.